The van der Waals surface area contributed by atoms with Crippen LogP contribution in [0, 0.1) is 27.8 Å². The fourth-order valence-corrected chi connectivity index (χ4v) is 3.08. The Morgan fingerprint density at radius 2 is 1.84 bits per heavy atom. The van der Waals surface area contributed by atoms with E-state index < -0.39 is 10.7 Å². The highest BCUT2D eigenvalue weighted by molar-refractivity contribution is 5.53. The SMILES string of the molecule is O=[N+]([O-])c1ccc(N2CC3CC=CCC3C2)c(F)c1. The maximum absolute atomic E-state index is 14.0. The molecule has 0 amide bonds. The van der Waals surface area contributed by atoms with E-state index in [1.807, 2.05) is 4.90 Å². The summed E-state index contributed by atoms with van der Waals surface area (Å²) in [6.45, 7) is 1.67. The van der Waals surface area contributed by atoms with E-state index in [4.69, 9.17) is 0 Å². The van der Waals surface area contributed by atoms with Gasteiger partial charge >= 0.3 is 0 Å². The summed E-state index contributed by atoms with van der Waals surface area (Å²) in [6.07, 6.45) is 6.49. The van der Waals surface area contributed by atoms with Crippen LogP contribution in [0.1, 0.15) is 12.8 Å². The number of benzene rings is 1. The first-order valence-corrected chi connectivity index (χ1v) is 6.49. The lowest BCUT2D eigenvalue weighted by Gasteiger charge is -2.18. The Morgan fingerprint density at radius 1 is 1.21 bits per heavy atom. The number of allylic oxidation sites excluding steroid dienone is 2. The van der Waals surface area contributed by atoms with Crippen molar-refractivity contribution < 1.29 is 9.31 Å². The summed E-state index contributed by atoms with van der Waals surface area (Å²) in [5.41, 5.74) is 0.291. The Labute approximate surface area is 110 Å². The van der Waals surface area contributed by atoms with Crippen molar-refractivity contribution >= 4 is 11.4 Å². The number of nitro benzene ring substituents is 1. The van der Waals surface area contributed by atoms with E-state index in [1.165, 1.54) is 12.1 Å². The topological polar surface area (TPSA) is 46.4 Å². The van der Waals surface area contributed by atoms with Gasteiger partial charge in [0.15, 0.2) is 5.82 Å². The van der Waals surface area contributed by atoms with E-state index >= 15 is 0 Å². The monoisotopic (exact) mass is 262 g/mol. The van der Waals surface area contributed by atoms with Crippen LogP contribution in [0.25, 0.3) is 0 Å². The molecule has 0 bridgehead atoms. The van der Waals surface area contributed by atoms with E-state index in [-0.39, 0.29) is 5.69 Å². The zero-order chi connectivity index (χ0) is 13.4. The van der Waals surface area contributed by atoms with E-state index in [1.54, 1.807) is 0 Å². The van der Waals surface area contributed by atoms with Crippen LogP contribution in [0.2, 0.25) is 0 Å². The van der Waals surface area contributed by atoms with Gasteiger partial charge in [-0.05, 0) is 30.7 Å². The minimum absolute atomic E-state index is 0.195. The largest absolute Gasteiger partial charge is 0.369 e. The van der Waals surface area contributed by atoms with Crippen LogP contribution in [-0.2, 0) is 0 Å². The molecule has 2 atom stereocenters. The van der Waals surface area contributed by atoms with E-state index in [0.29, 0.717) is 17.5 Å². The van der Waals surface area contributed by atoms with E-state index in [2.05, 4.69) is 12.2 Å². The number of nitrogens with zero attached hydrogens (tertiary/aromatic N) is 2. The van der Waals surface area contributed by atoms with Gasteiger partial charge in [-0.2, -0.15) is 0 Å². The van der Waals surface area contributed by atoms with Crippen molar-refractivity contribution in [3.05, 3.63) is 46.3 Å². The average Bonchev–Trinajstić information content (AvgIpc) is 2.81. The number of fused-ring (bicyclic) bond motifs is 1. The maximum Gasteiger partial charge on any atom is 0.272 e. The lowest BCUT2D eigenvalue weighted by Crippen LogP contribution is -2.21. The Balaban J connectivity index is 1.82. The fourth-order valence-electron chi connectivity index (χ4n) is 3.08. The molecule has 1 fully saturated rings. The summed E-state index contributed by atoms with van der Waals surface area (Å²) in [7, 11) is 0. The molecule has 1 aliphatic heterocycles. The van der Waals surface area contributed by atoms with Gasteiger partial charge in [0.2, 0.25) is 0 Å². The average molecular weight is 262 g/mol. The Kier molecular flexibility index (Phi) is 2.97. The van der Waals surface area contributed by atoms with Crippen molar-refractivity contribution in [1.82, 2.24) is 0 Å². The molecule has 5 heteroatoms. The second-order valence-electron chi connectivity index (χ2n) is 5.26. The normalized spacial score (nSPS) is 25.4. The standard InChI is InChI=1S/C14H15FN2O2/c15-13-7-12(17(18)19)5-6-14(13)16-8-10-3-1-2-4-11(10)9-16/h1-2,5-7,10-11H,3-4,8-9H2. The third-order valence-electron chi connectivity index (χ3n) is 4.10. The predicted molar refractivity (Wildman–Crippen MR) is 70.6 cm³/mol. The molecule has 2 aliphatic rings. The second kappa shape index (κ2) is 4.64. The fraction of sp³-hybridized carbons (Fsp3) is 0.429. The number of rotatable bonds is 2. The van der Waals surface area contributed by atoms with Gasteiger partial charge < -0.3 is 4.90 Å². The zero-order valence-electron chi connectivity index (χ0n) is 10.5. The highest BCUT2D eigenvalue weighted by atomic mass is 19.1. The molecule has 1 saturated heterocycles. The molecule has 0 N–H and O–H groups in total. The van der Waals surface area contributed by atoms with Crippen molar-refractivity contribution in [3.63, 3.8) is 0 Å². The van der Waals surface area contributed by atoms with Crippen LogP contribution in [0.3, 0.4) is 0 Å². The lowest BCUT2D eigenvalue weighted by atomic mass is 9.86. The highest BCUT2D eigenvalue weighted by Gasteiger charge is 2.33. The van der Waals surface area contributed by atoms with Crippen LogP contribution in [0.5, 0.6) is 0 Å². The van der Waals surface area contributed by atoms with Gasteiger partial charge in [-0.25, -0.2) is 4.39 Å². The quantitative estimate of drug-likeness (QED) is 0.467. The third-order valence-corrected chi connectivity index (χ3v) is 4.10. The van der Waals surface area contributed by atoms with Gasteiger partial charge in [0.1, 0.15) is 0 Å². The van der Waals surface area contributed by atoms with Gasteiger partial charge in [0.25, 0.3) is 5.69 Å². The van der Waals surface area contributed by atoms with Gasteiger partial charge in [-0.1, -0.05) is 12.2 Å². The predicted octanol–water partition coefficient (Wildman–Crippen LogP) is 3.14. The minimum atomic E-state index is -0.569. The summed E-state index contributed by atoms with van der Waals surface area (Å²) in [4.78, 5) is 12.1. The first kappa shape index (κ1) is 12.1. The molecule has 100 valence electrons. The number of non-ortho nitro benzene ring substituents is 1. The Hall–Kier alpha value is -1.91. The van der Waals surface area contributed by atoms with Crippen LogP contribution in [0.4, 0.5) is 15.8 Å². The van der Waals surface area contributed by atoms with E-state index in [9.17, 15) is 14.5 Å². The van der Waals surface area contributed by atoms with Gasteiger partial charge in [-0.15, -0.1) is 0 Å². The summed E-state index contributed by atoms with van der Waals surface area (Å²) in [6, 6.07) is 3.91. The maximum atomic E-state index is 14.0. The third kappa shape index (κ3) is 2.20. The summed E-state index contributed by atoms with van der Waals surface area (Å²) >= 11 is 0. The minimum Gasteiger partial charge on any atom is -0.369 e. The summed E-state index contributed by atoms with van der Waals surface area (Å²) < 4.78 is 14.0. The van der Waals surface area contributed by atoms with Crippen molar-refractivity contribution in [1.29, 1.82) is 0 Å². The van der Waals surface area contributed by atoms with Gasteiger partial charge in [0.05, 0.1) is 16.7 Å². The number of nitro groups is 1. The zero-order valence-corrected chi connectivity index (χ0v) is 10.5. The van der Waals surface area contributed by atoms with Crippen LogP contribution in [-0.4, -0.2) is 18.0 Å². The number of halogens is 1. The molecule has 1 aromatic rings. The molecule has 1 aliphatic carbocycles. The smallest absolute Gasteiger partial charge is 0.272 e. The van der Waals surface area contributed by atoms with Crippen molar-refractivity contribution in [2.75, 3.05) is 18.0 Å². The molecule has 2 unspecified atom stereocenters. The molecule has 3 rings (SSSR count). The molecule has 19 heavy (non-hydrogen) atoms. The van der Waals surface area contributed by atoms with Crippen LogP contribution < -0.4 is 4.90 Å². The molecule has 1 heterocycles. The first-order valence-electron chi connectivity index (χ1n) is 6.49. The molecule has 4 nitrogen and oxygen atoms in total. The van der Waals surface area contributed by atoms with Crippen molar-refractivity contribution in [2.45, 2.75) is 12.8 Å². The molecule has 0 saturated carbocycles. The van der Waals surface area contributed by atoms with Gasteiger partial charge in [-0.3, -0.25) is 10.1 Å². The molecule has 1 aromatic carbocycles. The first-order chi connectivity index (χ1) is 9.15. The molecular formula is C14H15FN2O2. The Bertz CT molecular complexity index is 528. The number of hydrogen-bond acceptors (Lipinski definition) is 3. The molecule has 0 aromatic heterocycles. The number of anilines is 1. The van der Waals surface area contributed by atoms with Crippen LogP contribution >= 0.6 is 0 Å². The summed E-state index contributed by atoms with van der Waals surface area (Å²) in [5.74, 6) is 0.667. The summed E-state index contributed by atoms with van der Waals surface area (Å²) in [5, 5.41) is 10.6. The Morgan fingerprint density at radius 3 is 2.37 bits per heavy atom. The number of hydrogen-bond donors (Lipinski definition) is 0. The second-order valence-corrected chi connectivity index (χ2v) is 5.26. The van der Waals surface area contributed by atoms with Crippen molar-refractivity contribution in [2.24, 2.45) is 11.8 Å². The van der Waals surface area contributed by atoms with Crippen molar-refractivity contribution in [3.8, 4) is 0 Å². The van der Waals surface area contributed by atoms with Crippen LogP contribution in [0.15, 0.2) is 30.4 Å². The van der Waals surface area contributed by atoms with Gasteiger partial charge in [0, 0.05) is 19.2 Å². The lowest BCUT2D eigenvalue weighted by molar-refractivity contribution is -0.385. The molecule has 0 radical (unpaired) electrons. The highest BCUT2D eigenvalue weighted by Crippen LogP contribution is 2.36. The van der Waals surface area contributed by atoms with E-state index in [0.717, 1.165) is 32.0 Å². The molecule has 0 spiro atoms. The molecular weight excluding hydrogens is 247 g/mol.